The Labute approximate surface area is 224 Å². The molecular weight excluding hydrogens is 487 g/mol. The van der Waals surface area contributed by atoms with E-state index >= 15 is 0 Å². The number of nitrogens with one attached hydrogen (secondary N) is 1. The molecule has 0 aliphatic carbocycles. The van der Waals surface area contributed by atoms with E-state index in [0.717, 1.165) is 31.8 Å². The minimum absolute atomic E-state index is 0.127. The van der Waals surface area contributed by atoms with Crippen molar-refractivity contribution in [3.63, 3.8) is 0 Å². The third kappa shape index (κ3) is 9.62. The summed E-state index contributed by atoms with van der Waals surface area (Å²) >= 11 is 0. The Hall–Kier alpha value is -1.52. The third-order valence-electron chi connectivity index (χ3n) is 6.93. The van der Waals surface area contributed by atoms with Crippen LogP contribution in [0.3, 0.4) is 0 Å². The second-order valence-electron chi connectivity index (χ2n) is 10.6. The van der Waals surface area contributed by atoms with E-state index in [1.807, 2.05) is 0 Å². The molecule has 2 unspecified atom stereocenters. The topological polar surface area (TPSA) is 80.9 Å². The molecule has 2 rings (SSSR count). The second kappa shape index (κ2) is 16.4. The van der Waals surface area contributed by atoms with E-state index in [1.54, 1.807) is 10.8 Å². The fraction of sp³-hybridized carbons (Fsp3) is 0.821. The number of hydrogen-bond donors (Lipinski definition) is 1. The number of hydrogen-bond acceptors (Lipinski definition) is 5. The van der Waals surface area contributed by atoms with Crippen molar-refractivity contribution in [1.29, 1.82) is 0 Å². The van der Waals surface area contributed by atoms with E-state index in [4.69, 9.17) is 15.8 Å². The van der Waals surface area contributed by atoms with Crippen LogP contribution in [0.4, 0.5) is 0 Å². The first-order valence-corrected chi connectivity index (χ1v) is 15.7. The zero-order valence-corrected chi connectivity index (χ0v) is 24.8. The Morgan fingerprint density at radius 1 is 1.14 bits per heavy atom. The molecule has 0 amide bonds. The van der Waals surface area contributed by atoms with Crippen LogP contribution in [0.5, 0.6) is 0 Å². The highest BCUT2D eigenvalue weighted by Gasteiger charge is 2.39. The van der Waals surface area contributed by atoms with Gasteiger partial charge in [0.25, 0.3) is 5.56 Å². The van der Waals surface area contributed by atoms with Gasteiger partial charge >= 0.3 is 5.69 Å². The molecule has 0 saturated carbocycles. The Bertz CT molecular complexity index is 947. The van der Waals surface area contributed by atoms with E-state index in [-0.39, 0.29) is 17.8 Å². The fourth-order valence-electron chi connectivity index (χ4n) is 5.13. The summed E-state index contributed by atoms with van der Waals surface area (Å²) < 4.78 is 17.1. The highest BCUT2D eigenvalue weighted by atomic mass is 31.2. The molecule has 0 aromatic carbocycles. The fourth-order valence-corrected chi connectivity index (χ4v) is 7.56. The number of aryl methyl sites for hydroxylation is 1. The Balaban J connectivity index is 2.16. The smallest absolute Gasteiger partial charge is 0.330 e. The van der Waals surface area contributed by atoms with Crippen molar-refractivity contribution in [3.8, 4) is 0 Å². The lowest BCUT2D eigenvalue weighted by Gasteiger charge is -2.38. The van der Waals surface area contributed by atoms with E-state index in [9.17, 15) is 9.59 Å². The maximum Gasteiger partial charge on any atom is 0.330 e. The van der Waals surface area contributed by atoms with Gasteiger partial charge in [-0.05, 0) is 47.0 Å². The lowest BCUT2D eigenvalue weighted by Crippen LogP contribution is -2.36. The van der Waals surface area contributed by atoms with Crippen LogP contribution >= 0.6 is 8.30 Å². The van der Waals surface area contributed by atoms with Crippen molar-refractivity contribution < 1.29 is 9.26 Å². The Morgan fingerprint density at radius 2 is 1.81 bits per heavy atom. The molecule has 9 heteroatoms. The summed E-state index contributed by atoms with van der Waals surface area (Å²) in [7, 11) is -0.915. The minimum atomic E-state index is -0.915. The van der Waals surface area contributed by atoms with E-state index < -0.39 is 20.2 Å². The molecule has 0 radical (unpaired) electrons. The monoisotopic (exact) mass is 536 g/mol. The van der Waals surface area contributed by atoms with Gasteiger partial charge in [-0.3, -0.25) is 19.0 Å². The molecule has 37 heavy (non-hydrogen) atoms. The standard InChI is InChI=1S/C28H49N4O4P/c1-8-10-11-12-13-14-16-23-20-31(28(34)30-27(23)33)26-19-25(24(9-2)35-26)36-37(18-15-17-29-7)32(21(3)4)22(5)6/h20-22,24-26H,8-19H2,1-6H3,(H,30,33,34)/t24-,25?,26-,37?/m1/s1. The Kier molecular flexibility index (Phi) is 14.1. The average Bonchev–Trinajstić information content (AvgIpc) is 3.24. The van der Waals surface area contributed by atoms with Crippen molar-refractivity contribution >= 4 is 8.30 Å². The van der Waals surface area contributed by atoms with Crippen molar-refractivity contribution in [3.05, 3.63) is 44.0 Å². The quantitative estimate of drug-likeness (QED) is 0.144. The zero-order valence-electron chi connectivity index (χ0n) is 23.9. The summed E-state index contributed by atoms with van der Waals surface area (Å²) in [6, 6.07) is 0.646. The molecule has 0 bridgehead atoms. The van der Waals surface area contributed by atoms with Gasteiger partial charge in [-0.2, -0.15) is 0 Å². The zero-order chi connectivity index (χ0) is 27.4. The number of unbranched alkanes of at least 4 members (excludes halogenated alkanes) is 5. The van der Waals surface area contributed by atoms with Crippen molar-refractivity contribution in [2.45, 2.75) is 136 Å². The highest BCUT2D eigenvalue weighted by Crippen LogP contribution is 2.49. The molecule has 1 aliphatic heterocycles. The first-order valence-electron chi connectivity index (χ1n) is 14.3. The normalized spacial score (nSPS) is 20.7. The third-order valence-corrected chi connectivity index (χ3v) is 9.58. The van der Waals surface area contributed by atoms with Crippen LogP contribution in [-0.2, 0) is 15.7 Å². The summed E-state index contributed by atoms with van der Waals surface area (Å²) in [5.74, 6) is 0. The van der Waals surface area contributed by atoms with E-state index in [1.165, 1.54) is 25.7 Å². The van der Waals surface area contributed by atoms with Crippen LogP contribution in [0.25, 0.3) is 4.85 Å². The van der Waals surface area contributed by atoms with Crippen molar-refractivity contribution in [2.24, 2.45) is 0 Å². The van der Waals surface area contributed by atoms with Gasteiger partial charge in [0.2, 0.25) is 6.54 Å². The first-order chi connectivity index (χ1) is 17.7. The molecule has 4 atom stereocenters. The van der Waals surface area contributed by atoms with Gasteiger partial charge in [0.1, 0.15) is 14.5 Å². The van der Waals surface area contributed by atoms with Crippen molar-refractivity contribution in [2.75, 3.05) is 12.7 Å². The van der Waals surface area contributed by atoms with Gasteiger partial charge < -0.3 is 14.1 Å². The van der Waals surface area contributed by atoms with Crippen LogP contribution in [0, 0.1) is 6.57 Å². The number of nitrogens with zero attached hydrogens (tertiary/aromatic N) is 3. The summed E-state index contributed by atoms with van der Waals surface area (Å²) in [6.07, 6.45) is 11.5. The van der Waals surface area contributed by atoms with Crippen LogP contribution < -0.4 is 11.2 Å². The van der Waals surface area contributed by atoms with Gasteiger partial charge in [0, 0.05) is 42.8 Å². The molecule has 1 aliphatic rings. The lowest BCUT2D eigenvalue weighted by atomic mass is 10.1. The molecular formula is C28H49N4O4P. The van der Waals surface area contributed by atoms with Gasteiger partial charge in [-0.1, -0.05) is 46.0 Å². The number of H-pyrrole nitrogens is 1. The molecule has 1 N–H and O–H groups in total. The summed E-state index contributed by atoms with van der Waals surface area (Å²) in [5, 5.41) is 0. The van der Waals surface area contributed by atoms with E-state index in [0.29, 0.717) is 37.0 Å². The molecule has 0 spiro atoms. The predicted octanol–water partition coefficient (Wildman–Crippen LogP) is 6.26. The molecule has 210 valence electrons. The molecule has 1 aromatic heterocycles. The highest BCUT2D eigenvalue weighted by molar-refractivity contribution is 7.50. The maximum absolute atomic E-state index is 12.8. The molecule has 8 nitrogen and oxygen atoms in total. The van der Waals surface area contributed by atoms with Gasteiger partial charge in [-0.15, -0.1) is 0 Å². The molecule has 1 saturated heterocycles. The van der Waals surface area contributed by atoms with Crippen LogP contribution in [0.1, 0.15) is 111 Å². The Morgan fingerprint density at radius 3 is 2.43 bits per heavy atom. The lowest BCUT2D eigenvalue weighted by molar-refractivity contribution is -0.0179. The molecule has 1 aromatic rings. The maximum atomic E-state index is 12.8. The van der Waals surface area contributed by atoms with Crippen LogP contribution in [-0.4, -0.2) is 51.2 Å². The SMILES string of the molecule is [C-]#[N+]CCCP(OC1C[C@H](n2cc(CCCCCCCC)c(=O)[nH]c2=O)O[C@@H]1CC)N(C(C)C)C(C)C. The van der Waals surface area contributed by atoms with Gasteiger partial charge in [0.05, 0.1) is 12.2 Å². The summed E-state index contributed by atoms with van der Waals surface area (Å²) in [5.41, 5.74) is -0.0775. The summed E-state index contributed by atoms with van der Waals surface area (Å²) in [4.78, 5) is 31.3. The van der Waals surface area contributed by atoms with Gasteiger partial charge in [0.15, 0.2) is 0 Å². The predicted molar refractivity (Wildman–Crippen MR) is 152 cm³/mol. The van der Waals surface area contributed by atoms with E-state index in [2.05, 4.69) is 56.0 Å². The molecule has 1 fully saturated rings. The van der Waals surface area contributed by atoms with Crippen LogP contribution in [0.2, 0.25) is 0 Å². The number of aromatic amines is 1. The number of ether oxygens (including phenoxy) is 1. The summed E-state index contributed by atoms with van der Waals surface area (Å²) in [6.45, 7) is 20.7. The first kappa shape index (κ1) is 31.7. The number of aromatic nitrogens is 2. The second-order valence-corrected chi connectivity index (χ2v) is 12.5. The van der Waals surface area contributed by atoms with Gasteiger partial charge in [-0.25, -0.2) is 11.4 Å². The number of rotatable bonds is 17. The molecule has 2 heterocycles. The van der Waals surface area contributed by atoms with Crippen LogP contribution in [0.15, 0.2) is 15.8 Å². The van der Waals surface area contributed by atoms with Crippen molar-refractivity contribution in [1.82, 2.24) is 14.2 Å². The average molecular weight is 537 g/mol. The minimum Gasteiger partial charge on any atom is -0.352 e. The largest absolute Gasteiger partial charge is 0.352 e.